The third-order valence-electron chi connectivity index (χ3n) is 4.41. The Labute approximate surface area is 130 Å². The van der Waals surface area contributed by atoms with Crippen LogP contribution in [0.4, 0.5) is 0 Å². The number of hydrogen-bond donors (Lipinski definition) is 1. The number of hydrogen-bond acceptors (Lipinski definition) is 2. The fraction of sp³-hybridized carbons (Fsp3) is 0.278. The highest BCUT2D eigenvalue weighted by molar-refractivity contribution is 5.80. The molecule has 112 valence electrons. The van der Waals surface area contributed by atoms with Gasteiger partial charge in [0.2, 0.25) is 0 Å². The second-order valence-electron chi connectivity index (χ2n) is 5.85. The molecule has 3 aromatic rings. The molecule has 1 atom stereocenters. The van der Waals surface area contributed by atoms with Crippen molar-refractivity contribution in [1.29, 1.82) is 0 Å². The molecule has 1 N–H and O–H groups in total. The first-order chi connectivity index (χ1) is 10.9. The number of imidazole rings is 1. The molecule has 0 saturated heterocycles. The largest absolute Gasteiger partial charge is 0.370 e. The molecule has 2 aromatic heterocycles. The van der Waals surface area contributed by atoms with Crippen molar-refractivity contribution in [3.05, 3.63) is 67.0 Å². The summed E-state index contributed by atoms with van der Waals surface area (Å²) < 4.78 is 2.14. The van der Waals surface area contributed by atoms with E-state index >= 15 is 0 Å². The lowest BCUT2D eigenvalue weighted by atomic mass is 10.0. The van der Waals surface area contributed by atoms with E-state index in [2.05, 4.69) is 56.0 Å². The summed E-state index contributed by atoms with van der Waals surface area (Å²) in [5.74, 6) is 0. The van der Waals surface area contributed by atoms with Crippen LogP contribution < -0.4 is 0 Å². The third-order valence-corrected chi connectivity index (χ3v) is 4.41. The summed E-state index contributed by atoms with van der Waals surface area (Å²) in [6.45, 7) is 2.10. The van der Waals surface area contributed by atoms with Gasteiger partial charge in [-0.25, -0.2) is 4.98 Å². The van der Waals surface area contributed by atoms with Gasteiger partial charge in [0.05, 0.1) is 12.4 Å². The van der Waals surface area contributed by atoms with Crippen molar-refractivity contribution < 1.29 is 0 Å². The lowest BCUT2D eigenvalue weighted by Crippen LogP contribution is -2.21. The SMILES string of the molecule is C1=CN(CCCn2ccnc2)C(c2ccc3[nH]ccc3c2)C1. The predicted octanol–water partition coefficient (Wildman–Crippen LogP) is 3.72. The first-order valence-electron chi connectivity index (χ1n) is 7.85. The molecule has 0 aliphatic carbocycles. The van der Waals surface area contributed by atoms with Gasteiger partial charge in [0.15, 0.2) is 0 Å². The van der Waals surface area contributed by atoms with Crippen molar-refractivity contribution in [3.8, 4) is 0 Å². The molecule has 1 unspecified atom stereocenters. The van der Waals surface area contributed by atoms with Gasteiger partial charge in [0, 0.05) is 37.2 Å². The first-order valence-corrected chi connectivity index (χ1v) is 7.85. The highest BCUT2D eigenvalue weighted by Crippen LogP contribution is 2.31. The Hall–Kier alpha value is -2.49. The van der Waals surface area contributed by atoms with Crippen LogP contribution in [-0.2, 0) is 6.54 Å². The second kappa shape index (κ2) is 5.72. The molecule has 0 amide bonds. The van der Waals surface area contributed by atoms with E-state index in [0.29, 0.717) is 6.04 Å². The molecule has 4 nitrogen and oxygen atoms in total. The Morgan fingerprint density at radius 1 is 1.23 bits per heavy atom. The molecule has 4 heteroatoms. The molecule has 1 aliphatic rings. The van der Waals surface area contributed by atoms with Gasteiger partial charge in [-0.3, -0.25) is 0 Å². The molecule has 0 saturated carbocycles. The van der Waals surface area contributed by atoms with Crippen LogP contribution >= 0.6 is 0 Å². The number of aromatic nitrogens is 3. The zero-order chi connectivity index (χ0) is 14.8. The lowest BCUT2D eigenvalue weighted by Gasteiger charge is -2.26. The molecule has 1 aliphatic heterocycles. The quantitative estimate of drug-likeness (QED) is 0.778. The minimum absolute atomic E-state index is 0.474. The number of nitrogens with zero attached hydrogens (tertiary/aromatic N) is 3. The van der Waals surface area contributed by atoms with Gasteiger partial charge in [0.25, 0.3) is 0 Å². The van der Waals surface area contributed by atoms with E-state index in [4.69, 9.17) is 0 Å². The number of aryl methyl sites for hydroxylation is 1. The predicted molar refractivity (Wildman–Crippen MR) is 88.3 cm³/mol. The molecular weight excluding hydrogens is 272 g/mol. The standard InChI is InChI=1S/C18H20N4/c1-3-18(16-4-5-17-15(13-16)6-7-20-17)22(10-1)11-2-9-21-12-8-19-14-21/h1,4-8,10,12-14,18,20H,2-3,9,11H2. The Morgan fingerprint density at radius 3 is 3.14 bits per heavy atom. The van der Waals surface area contributed by atoms with Gasteiger partial charge in [-0.15, -0.1) is 0 Å². The van der Waals surface area contributed by atoms with E-state index in [9.17, 15) is 0 Å². The molecule has 0 fully saturated rings. The molecule has 22 heavy (non-hydrogen) atoms. The lowest BCUT2D eigenvalue weighted by molar-refractivity contribution is 0.295. The minimum Gasteiger partial charge on any atom is -0.370 e. The molecule has 4 rings (SSSR count). The van der Waals surface area contributed by atoms with Crippen LogP contribution in [0.25, 0.3) is 10.9 Å². The fourth-order valence-electron chi connectivity index (χ4n) is 3.26. The summed E-state index contributed by atoms with van der Waals surface area (Å²) >= 11 is 0. The number of nitrogens with one attached hydrogen (secondary N) is 1. The van der Waals surface area contributed by atoms with Crippen LogP contribution in [0.15, 0.2) is 61.5 Å². The summed E-state index contributed by atoms with van der Waals surface area (Å²) in [7, 11) is 0. The highest BCUT2D eigenvalue weighted by atomic mass is 15.2. The molecule has 0 spiro atoms. The van der Waals surface area contributed by atoms with Gasteiger partial charge in [-0.05, 0) is 48.2 Å². The van der Waals surface area contributed by atoms with Crippen molar-refractivity contribution in [2.75, 3.05) is 6.54 Å². The number of H-pyrrole nitrogens is 1. The Kier molecular flexibility index (Phi) is 3.43. The van der Waals surface area contributed by atoms with Gasteiger partial charge < -0.3 is 14.5 Å². The summed E-state index contributed by atoms with van der Waals surface area (Å²) in [6, 6.07) is 9.37. The average Bonchev–Trinajstić information content (AvgIpc) is 3.28. The van der Waals surface area contributed by atoms with Crippen LogP contribution in [0.5, 0.6) is 0 Å². The van der Waals surface area contributed by atoms with Crippen molar-refractivity contribution in [3.63, 3.8) is 0 Å². The average molecular weight is 292 g/mol. The van der Waals surface area contributed by atoms with E-state index in [1.165, 1.54) is 16.5 Å². The normalized spacial score (nSPS) is 17.6. The van der Waals surface area contributed by atoms with Gasteiger partial charge >= 0.3 is 0 Å². The van der Waals surface area contributed by atoms with Crippen LogP contribution in [0.1, 0.15) is 24.4 Å². The van der Waals surface area contributed by atoms with Crippen LogP contribution in [0.3, 0.4) is 0 Å². The van der Waals surface area contributed by atoms with Crippen molar-refractivity contribution in [2.45, 2.75) is 25.4 Å². The van der Waals surface area contributed by atoms with Crippen molar-refractivity contribution >= 4 is 10.9 Å². The van der Waals surface area contributed by atoms with Gasteiger partial charge in [-0.2, -0.15) is 0 Å². The summed E-state index contributed by atoms with van der Waals surface area (Å²) in [6.07, 6.45) is 14.5. The van der Waals surface area contributed by atoms with E-state index < -0.39 is 0 Å². The Balaban J connectivity index is 1.44. The number of rotatable bonds is 5. The fourth-order valence-corrected chi connectivity index (χ4v) is 3.26. The molecule has 0 radical (unpaired) electrons. The van der Waals surface area contributed by atoms with Crippen LogP contribution in [0, 0.1) is 0 Å². The number of aromatic amines is 1. The first kappa shape index (κ1) is 13.2. The molecule has 0 bridgehead atoms. The summed E-state index contributed by atoms with van der Waals surface area (Å²) in [4.78, 5) is 9.82. The van der Waals surface area contributed by atoms with E-state index in [0.717, 1.165) is 25.9 Å². The molecule has 1 aromatic carbocycles. The zero-order valence-electron chi connectivity index (χ0n) is 12.5. The third kappa shape index (κ3) is 2.52. The van der Waals surface area contributed by atoms with E-state index in [1.54, 1.807) is 0 Å². The van der Waals surface area contributed by atoms with Crippen LogP contribution in [-0.4, -0.2) is 26.0 Å². The van der Waals surface area contributed by atoms with Gasteiger partial charge in [0.1, 0.15) is 0 Å². The monoisotopic (exact) mass is 292 g/mol. The molecule has 3 heterocycles. The summed E-state index contributed by atoms with van der Waals surface area (Å²) in [5.41, 5.74) is 2.61. The highest BCUT2D eigenvalue weighted by Gasteiger charge is 2.20. The van der Waals surface area contributed by atoms with E-state index in [-0.39, 0.29) is 0 Å². The maximum Gasteiger partial charge on any atom is 0.0945 e. The Bertz CT molecular complexity index is 769. The molecular formula is C18H20N4. The van der Waals surface area contributed by atoms with Gasteiger partial charge in [-0.1, -0.05) is 12.1 Å². The van der Waals surface area contributed by atoms with Crippen LogP contribution in [0.2, 0.25) is 0 Å². The topological polar surface area (TPSA) is 36.9 Å². The number of fused-ring (bicyclic) bond motifs is 1. The minimum atomic E-state index is 0.474. The van der Waals surface area contributed by atoms with Crippen molar-refractivity contribution in [2.24, 2.45) is 0 Å². The zero-order valence-corrected chi connectivity index (χ0v) is 12.5. The maximum atomic E-state index is 4.09. The smallest absolute Gasteiger partial charge is 0.0945 e. The summed E-state index contributed by atoms with van der Waals surface area (Å²) in [5, 5.41) is 1.29. The Morgan fingerprint density at radius 2 is 2.23 bits per heavy atom. The second-order valence-corrected chi connectivity index (χ2v) is 5.85. The maximum absolute atomic E-state index is 4.09. The number of benzene rings is 1. The van der Waals surface area contributed by atoms with E-state index in [1.807, 2.05) is 24.9 Å². The van der Waals surface area contributed by atoms with Crippen molar-refractivity contribution in [1.82, 2.24) is 19.4 Å².